The van der Waals surface area contributed by atoms with Gasteiger partial charge in [0.1, 0.15) is 0 Å². The third kappa shape index (κ3) is 2.60. The largest absolute Gasteiger partial charge is 0.383 e. The summed E-state index contributed by atoms with van der Waals surface area (Å²) in [6.45, 7) is 5.79. The van der Waals surface area contributed by atoms with Gasteiger partial charge in [0.05, 0.1) is 11.4 Å². The van der Waals surface area contributed by atoms with E-state index in [-0.39, 0.29) is 6.03 Å². The number of likely N-dealkylation sites (tertiary alicyclic amines) is 1. The number of fused-ring (bicyclic) bond motifs is 1. The average molecular weight is 273 g/mol. The van der Waals surface area contributed by atoms with Gasteiger partial charge in [0, 0.05) is 26.2 Å². The molecule has 2 heterocycles. The molecule has 4 nitrogen and oxygen atoms in total. The van der Waals surface area contributed by atoms with Crippen LogP contribution in [0.2, 0.25) is 0 Å². The number of hydrogen-bond donors (Lipinski definition) is 1. The molecule has 0 saturated carbocycles. The molecule has 1 saturated heterocycles. The number of carbonyl (C=O) groups is 1. The number of benzene rings is 1. The predicted octanol–water partition coefficient (Wildman–Crippen LogP) is 3.16. The van der Waals surface area contributed by atoms with Crippen molar-refractivity contribution >= 4 is 17.4 Å². The first kappa shape index (κ1) is 13.3. The van der Waals surface area contributed by atoms with E-state index in [1.807, 2.05) is 28.0 Å². The van der Waals surface area contributed by atoms with Crippen LogP contribution in [0.5, 0.6) is 0 Å². The zero-order valence-electron chi connectivity index (χ0n) is 12.1. The third-order valence-electron chi connectivity index (χ3n) is 4.35. The van der Waals surface area contributed by atoms with Crippen LogP contribution >= 0.6 is 0 Å². The van der Waals surface area contributed by atoms with Gasteiger partial charge in [0.15, 0.2) is 0 Å². The van der Waals surface area contributed by atoms with Crippen LogP contribution in [0.1, 0.15) is 26.2 Å². The summed E-state index contributed by atoms with van der Waals surface area (Å²) in [6.07, 6.45) is 3.24. The Morgan fingerprint density at radius 3 is 2.75 bits per heavy atom. The Morgan fingerprint density at radius 1 is 1.20 bits per heavy atom. The van der Waals surface area contributed by atoms with Crippen LogP contribution in [0.4, 0.5) is 16.2 Å². The summed E-state index contributed by atoms with van der Waals surface area (Å²) in [7, 11) is 0. The lowest BCUT2D eigenvalue weighted by Crippen LogP contribution is -2.47. The van der Waals surface area contributed by atoms with Crippen LogP contribution in [0, 0.1) is 5.92 Å². The minimum Gasteiger partial charge on any atom is -0.383 e. The summed E-state index contributed by atoms with van der Waals surface area (Å²) < 4.78 is 0. The van der Waals surface area contributed by atoms with Crippen LogP contribution in [0.25, 0.3) is 0 Å². The van der Waals surface area contributed by atoms with Crippen molar-refractivity contribution in [3.05, 3.63) is 24.3 Å². The first-order chi connectivity index (χ1) is 9.75. The minimum atomic E-state index is 0.174. The highest BCUT2D eigenvalue weighted by Gasteiger charge is 2.27. The van der Waals surface area contributed by atoms with E-state index in [9.17, 15) is 4.79 Å². The first-order valence-electron chi connectivity index (χ1n) is 7.65. The number of rotatable bonds is 0. The van der Waals surface area contributed by atoms with Crippen molar-refractivity contribution < 1.29 is 4.79 Å². The van der Waals surface area contributed by atoms with Gasteiger partial charge >= 0.3 is 6.03 Å². The molecule has 0 unspecified atom stereocenters. The van der Waals surface area contributed by atoms with Crippen LogP contribution < -0.4 is 10.2 Å². The highest BCUT2D eigenvalue weighted by Crippen LogP contribution is 2.29. The van der Waals surface area contributed by atoms with E-state index in [2.05, 4.69) is 18.3 Å². The van der Waals surface area contributed by atoms with Crippen molar-refractivity contribution in [3.63, 3.8) is 0 Å². The highest BCUT2D eigenvalue weighted by atomic mass is 16.2. The Bertz CT molecular complexity index is 480. The molecule has 1 N–H and O–H groups in total. The Kier molecular flexibility index (Phi) is 3.81. The third-order valence-corrected chi connectivity index (χ3v) is 4.35. The second-order valence-electron chi connectivity index (χ2n) is 5.90. The van der Waals surface area contributed by atoms with Crippen molar-refractivity contribution in [2.24, 2.45) is 5.92 Å². The van der Waals surface area contributed by atoms with E-state index < -0.39 is 0 Å². The second kappa shape index (κ2) is 5.73. The number of piperidine rings is 1. The molecule has 0 atom stereocenters. The maximum atomic E-state index is 12.8. The van der Waals surface area contributed by atoms with Gasteiger partial charge in [0.2, 0.25) is 0 Å². The molecule has 2 amide bonds. The quantitative estimate of drug-likeness (QED) is 0.788. The first-order valence-corrected chi connectivity index (χ1v) is 7.65. The van der Waals surface area contributed by atoms with Gasteiger partial charge in [-0.15, -0.1) is 0 Å². The van der Waals surface area contributed by atoms with E-state index in [0.29, 0.717) is 0 Å². The summed E-state index contributed by atoms with van der Waals surface area (Å²) in [5.74, 6) is 0.747. The van der Waals surface area contributed by atoms with E-state index in [1.54, 1.807) is 0 Å². The fraction of sp³-hybridized carbons (Fsp3) is 0.562. The molecule has 0 aliphatic carbocycles. The predicted molar refractivity (Wildman–Crippen MR) is 82.3 cm³/mol. The molecule has 0 radical (unpaired) electrons. The van der Waals surface area contributed by atoms with Gasteiger partial charge in [-0.2, -0.15) is 0 Å². The number of anilines is 2. The number of urea groups is 1. The molecule has 108 valence electrons. The standard InChI is InChI=1S/C16H23N3O/c1-13-7-11-18(12-8-13)16(20)19-10-4-9-17-14-5-2-3-6-15(14)19/h2-3,5-6,13,17H,4,7-12H2,1H3. The van der Waals surface area contributed by atoms with E-state index in [4.69, 9.17) is 0 Å². The number of hydrogen-bond acceptors (Lipinski definition) is 2. The Labute approximate surface area is 120 Å². The number of para-hydroxylation sites is 2. The van der Waals surface area contributed by atoms with Gasteiger partial charge < -0.3 is 10.2 Å². The number of carbonyl (C=O) groups excluding carboxylic acids is 1. The number of nitrogens with zero attached hydrogens (tertiary/aromatic N) is 2. The average Bonchev–Trinajstić information content (AvgIpc) is 2.69. The van der Waals surface area contributed by atoms with Gasteiger partial charge in [-0.1, -0.05) is 19.1 Å². The molecule has 20 heavy (non-hydrogen) atoms. The lowest BCUT2D eigenvalue weighted by molar-refractivity contribution is 0.180. The maximum Gasteiger partial charge on any atom is 0.324 e. The molecular formula is C16H23N3O. The summed E-state index contributed by atoms with van der Waals surface area (Å²) in [4.78, 5) is 16.8. The maximum absolute atomic E-state index is 12.8. The summed E-state index contributed by atoms with van der Waals surface area (Å²) >= 11 is 0. The van der Waals surface area contributed by atoms with Crippen molar-refractivity contribution in [2.75, 3.05) is 36.4 Å². The van der Waals surface area contributed by atoms with Crippen molar-refractivity contribution in [1.29, 1.82) is 0 Å². The van der Waals surface area contributed by atoms with E-state index >= 15 is 0 Å². The smallest absolute Gasteiger partial charge is 0.324 e. The fourth-order valence-corrected chi connectivity index (χ4v) is 3.01. The molecule has 1 aromatic rings. The minimum absolute atomic E-state index is 0.174. The van der Waals surface area contributed by atoms with Crippen LogP contribution in [0.3, 0.4) is 0 Å². The lowest BCUT2D eigenvalue weighted by atomic mass is 9.99. The summed E-state index contributed by atoms with van der Waals surface area (Å²) in [5.41, 5.74) is 2.09. The van der Waals surface area contributed by atoms with Crippen molar-refractivity contribution in [1.82, 2.24) is 4.90 Å². The fourth-order valence-electron chi connectivity index (χ4n) is 3.01. The summed E-state index contributed by atoms with van der Waals surface area (Å²) in [5, 5.41) is 3.41. The van der Waals surface area contributed by atoms with Crippen molar-refractivity contribution in [2.45, 2.75) is 26.2 Å². The van der Waals surface area contributed by atoms with Gasteiger partial charge in [-0.25, -0.2) is 4.79 Å². The Morgan fingerprint density at radius 2 is 1.95 bits per heavy atom. The van der Waals surface area contributed by atoms with Crippen LogP contribution in [-0.4, -0.2) is 37.1 Å². The molecule has 2 aliphatic heterocycles. The molecule has 0 bridgehead atoms. The van der Waals surface area contributed by atoms with E-state index in [0.717, 1.165) is 62.7 Å². The van der Waals surface area contributed by atoms with Gasteiger partial charge in [-0.05, 0) is 37.3 Å². The Balaban J connectivity index is 1.80. The van der Waals surface area contributed by atoms with E-state index in [1.165, 1.54) is 0 Å². The molecule has 1 aromatic carbocycles. The molecular weight excluding hydrogens is 250 g/mol. The zero-order valence-corrected chi connectivity index (χ0v) is 12.1. The molecule has 2 aliphatic rings. The molecule has 3 rings (SSSR count). The van der Waals surface area contributed by atoms with Crippen LogP contribution in [-0.2, 0) is 0 Å². The molecule has 1 fully saturated rings. The molecule has 0 aromatic heterocycles. The zero-order chi connectivity index (χ0) is 13.9. The Hall–Kier alpha value is -1.71. The lowest BCUT2D eigenvalue weighted by Gasteiger charge is -2.34. The molecule has 0 spiro atoms. The SMILES string of the molecule is CC1CCN(C(=O)N2CCCNc3ccccc32)CC1. The molecule has 4 heteroatoms. The van der Waals surface area contributed by atoms with Crippen LogP contribution in [0.15, 0.2) is 24.3 Å². The van der Waals surface area contributed by atoms with Crippen molar-refractivity contribution in [3.8, 4) is 0 Å². The number of amides is 2. The topological polar surface area (TPSA) is 35.6 Å². The second-order valence-corrected chi connectivity index (χ2v) is 5.90. The van der Waals surface area contributed by atoms with Gasteiger partial charge in [0.25, 0.3) is 0 Å². The number of nitrogens with one attached hydrogen (secondary N) is 1. The van der Waals surface area contributed by atoms with Gasteiger partial charge in [-0.3, -0.25) is 4.90 Å². The highest BCUT2D eigenvalue weighted by molar-refractivity contribution is 5.95. The monoisotopic (exact) mass is 273 g/mol. The summed E-state index contributed by atoms with van der Waals surface area (Å²) in [6, 6.07) is 8.29. The normalized spacial score (nSPS) is 20.1.